The number of hydrogen-bond donors (Lipinski definition) is 0. The number of ether oxygens (including phenoxy) is 2. The lowest BCUT2D eigenvalue weighted by Crippen LogP contribution is -1.92. The standard InChI is InChI=1S/C17H11N3O2/c1-2-4-13-11(3-1)7-8-20-17(13)18-16(19-20)12-5-6-14-15(9-12)22-10-21-14/h1-9H,10H2. The molecule has 0 saturated carbocycles. The Morgan fingerprint density at radius 2 is 1.86 bits per heavy atom. The lowest BCUT2D eigenvalue weighted by atomic mass is 10.2. The zero-order valence-electron chi connectivity index (χ0n) is 11.6. The third-order valence-corrected chi connectivity index (χ3v) is 3.86. The van der Waals surface area contributed by atoms with E-state index in [1.807, 2.05) is 47.1 Å². The van der Waals surface area contributed by atoms with Gasteiger partial charge in [-0.3, -0.25) is 0 Å². The predicted molar refractivity (Wildman–Crippen MR) is 82.1 cm³/mol. The van der Waals surface area contributed by atoms with Crippen LogP contribution in [0.25, 0.3) is 27.8 Å². The summed E-state index contributed by atoms with van der Waals surface area (Å²) in [6.07, 6.45) is 1.93. The van der Waals surface area contributed by atoms with Crippen LogP contribution < -0.4 is 9.47 Å². The van der Waals surface area contributed by atoms with Crippen molar-refractivity contribution in [2.45, 2.75) is 0 Å². The molecule has 2 aromatic heterocycles. The molecule has 22 heavy (non-hydrogen) atoms. The van der Waals surface area contributed by atoms with Crippen molar-refractivity contribution in [1.82, 2.24) is 14.6 Å². The van der Waals surface area contributed by atoms with Gasteiger partial charge >= 0.3 is 0 Å². The number of nitrogens with zero attached hydrogens (tertiary/aromatic N) is 3. The second-order valence-electron chi connectivity index (χ2n) is 5.17. The van der Waals surface area contributed by atoms with Gasteiger partial charge in [-0.05, 0) is 29.7 Å². The zero-order valence-corrected chi connectivity index (χ0v) is 11.6. The average Bonchev–Trinajstić information content (AvgIpc) is 3.20. The van der Waals surface area contributed by atoms with E-state index in [0.29, 0.717) is 5.82 Å². The summed E-state index contributed by atoms with van der Waals surface area (Å²) in [4.78, 5) is 4.69. The molecule has 0 aliphatic carbocycles. The Kier molecular flexibility index (Phi) is 2.21. The van der Waals surface area contributed by atoms with Gasteiger partial charge in [0.15, 0.2) is 23.0 Å². The minimum atomic E-state index is 0.266. The van der Waals surface area contributed by atoms with Crippen molar-refractivity contribution in [3.63, 3.8) is 0 Å². The van der Waals surface area contributed by atoms with E-state index in [1.54, 1.807) is 0 Å². The molecule has 4 aromatic rings. The molecule has 5 rings (SSSR count). The Labute approximate surface area is 125 Å². The van der Waals surface area contributed by atoms with E-state index in [0.717, 1.165) is 33.5 Å². The van der Waals surface area contributed by atoms with Crippen LogP contribution in [0.1, 0.15) is 0 Å². The van der Waals surface area contributed by atoms with Crippen molar-refractivity contribution in [1.29, 1.82) is 0 Å². The van der Waals surface area contributed by atoms with Crippen LogP contribution in [-0.4, -0.2) is 21.4 Å². The number of benzene rings is 2. The fraction of sp³-hybridized carbons (Fsp3) is 0.0588. The lowest BCUT2D eigenvalue weighted by Gasteiger charge is -1.97. The number of pyridine rings is 1. The van der Waals surface area contributed by atoms with Crippen molar-refractivity contribution >= 4 is 16.4 Å². The molecule has 2 aromatic carbocycles. The number of aromatic nitrogens is 3. The molecule has 106 valence electrons. The summed E-state index contributed by atoms with van der Waals surface area (Å²) in [7, 11) is 0. The molecule has 1 aliphatic rings. The summed E-state index contributed by atoms with van der Waals surface area (Å²) in [6, 6.07) is 16.0. The molecule has 0 fully saturated rings. The maximum Gasteiger partial charge on any atom is 0.231 e. The summed E-state index contributed by atoms with van der Waals surface area (Å²) < 4.78 is 12.6. The van der Waals surface area contributed by atoms with Gasteiger partial charge in [0, 0.05) is 17.1 Å². The monoisotopic (exact) mass is 289 g/mol. The molecule has 0 radical (unpaired) electrons. The molecule has 0 spiro atoms. The Hall–Kier alpha value is -3.08. The van der Waals surface area contributed by atoms with Crippen LogP contribution >= 0.6 is 0 Å². The van der Waals surface area contributed by atoms with Gasteiger partial charge in [-0.15, -0.1) is 5.10 Å². The van der Waals surface area contributed by atoms with Gasteiger partial charge < -0.3 is 9.47 Å². The minimum Gasteiger partial charge on any atom is -0.454 e. The first-order chi connectivity index (χ1) is 10.9. The number of rotatable bonds is 1. The third-order valence-electron chi connectivity index (χ3n) is 3.86. The van der Waals surface area contributed by atoms with Gasteiger partial charge in [-0.1, -0.05) is 24.3 Å². The summed E-state index contributed by atoms with van der Waals surface area (Å²) in [6.45, 7) is 0.266. The van der Waals surface area contributed by atoms with Gasteiger partial charge in [0.1, 0.15) is 0 Å². The molecular formula is C17H11N3O2. The van der Waals surface area contributed by atoms with E-state index in [2.05, 4.69) is 17.2 Å². The van der Waals surface area contributed by atoms with Gasteiger partial charge in [0.2, 0.25) is 6.79 Å². The minimum absolute atomic E-state index is 0.266. The second kappa shape index (κ2) is 4.21. The largest absolute Gasteiger partial charge is 0.454 e. The first-order valence-corrected chi connectivity index (χ1v) is 7.03. The smallest absolute Gasteiger partial charge is 0.231 e. The van der Waals surface area contributed by atoms with Crippen molar-refractivity contribution < 1.29 is 9.47 Å². The quantitative estimate of drug-likeness (QED) is 0.539. The fourth-order valence-corrected chi connectivity index (χ4v) is 2.77. The van der Waals surface area contributed by atoms with Crippen LogP contribution in [0.2, 0.25) is 0 Å². The Morgan fingerprint density at radius 3 is 2.86 bits per heavy atom. The van der Waals surface area contributed by atoms with E-state index >= 15 is 0 Å². The maximum atomic E-state index is 5.42. The zero-order chi connectivity index (χ0) is 14.5. The molecule has 0 saturated heterocycles. The van der Waals surface area contributed by atoms with Gasteiger partial charge in [0.05, 0.1) is 0 Å². The molecule has 1 aliphatic heterocycles. The molecule has 0 bridgehead atoms. The molecule has 3 heterocycles. The summed E-state index contributed by atoms with van der Waals surface area (Å²) >= 11 is 0. The van der Waals surface area contributed by atoms with Crippen molar-refractivity contribution in [2.24, 2.45) is 0 Å². The van der Waals surface area contributed by atoms with Crippen LogP contribution in [0.4, 0.5) is 0 Å². The first-order valence-electron chi connectivity index (χ1n) is 7.03. The van der Waals surface area contributed by atoms with Gasteiger partial charge in [-0.25, -0.2) is 9.50 Å². The second-order valence-corrected chi connectivity index (χ2v) is 5.17. The van der Waals surface area contributed by atoms with Crippen LogP contribution in [0.15, 0.2) is 54.7 Å². The van der Waals surface area contributed by atoms with Crippen LogP contribution in [-0.2, 0) is 0 Å². The molecule has 0 amide bonds. The number of hydrogen-bond acceptors (Lipinski definition) is 4. The lowest BCUT2D eigenvalue weighted by molar-refractivity contribution is 0.174. The molecule has 0 atom stereocenters. The van der Waals surface area contributed by atoms with Crippen LogP contribution in [0, 0.1) is 0 Å². The molecule has 5 heteroatoms. The third kappa shape index (κ3) is 1.59. The fourth-order valence-electron chi connectivity index (χ4n) is 2.77. The molecule has 0 N–H and O–H groups in total. The van der Waals surface area contributed by atoms with E-state index in [4.69, 9.17) is 14.5 Å². The highest BCUT2D eigenvalue weighted by molar-refractivity contribution is 5.94. The average molecular weight is 289 g/mol. The topological polar surface area (TPSA) is 48.7 Å². The SMILES string of the molecule is c1ccc2c(c1)ccn1nc(-c3ccc4c(c3)OCO4)nc21. The van der Waals surface area contributed by atoms with Crippen LogP contribution in [0.5, 0.6) is 11.5 Å². The highest BCUT2D eigenvalue weighted by atomic mass is 16.7. The molecule has 5 nitrogen and oxygen atoms in total. The van der Waals surface area contributed by atoms with E-state index in [1.165, 1.54) is 0 Å². The molecular weight excluding hydrogens is 278 g/mol. The first kappa shape index (κ1) is 11.6. The Balaban J connectivity index is 1.73. The highest BCUT2D eigenvalue weighted by Crippen LogP contribution is 2.35. The van der Waals surface area contributed by atoms with E-state index in [-0.39, 0.29) is 6.79 Å². The summed E-state index contributed by atoms with van der Waals surface area (Å²) in [5.41, 5.74) is 1.77. The van der Waals surface area contributed by atoms with Gasteiger partial charge in [0.25, 0.3) is 0 Å². The van der Waals surface area contributed by atoms with Crippen molar-refractivity contribution in [3.05, 3.63) is 54.7 Å². The maximum absolute atomic E-state index is 5.42. The Morgan fingerprint density at radius 1 is 0.955 bits per heavy atom. The van der Waals surface area contributed by atoms with Crippen molar-refractivity contribution in [2.75, 3.05) is 6.79 Å². The molecule has 0 unspecified atom stereocenters. The summed E-state index contributed by atoms with van der Waals surface area (Å²) in [5.74, 6) is 2.17. The Bertz CT molecular complexity index is 1020. The van der Waals surface area contributed by atoms with E-state index < -0.39 is 0 Å². The predicted octanol–water partition coefficient (Wildman–Crippen LogP) is 3.28. The van der Waals surface area contributed by atoms with Crippen LogP contribution in [0.3, 0.4) is 0 Å². The highest BCUT2D eigenvalue weighted by Gasteiger charge is 2.16. The van der Waals surface area contributed by atoms with Crippen molar-refractivity contribution in [3.8, 4) is 22.9 Å². The van der Waals surface area contributed by atoms with Gasteiger partial charge in [-0.2, -0.15) is 0 Å². The normalized spacial score (nSPS) is 13.1. The number of fused-ring (bicyclic) bond motifs is 4. The summed E-state index contributed by atoms with van der Waals surface area (Å²) in [5, 5.41) is 6.81. The van der Waals surface area contributed by atoms with E-state index in [9.17, 15) is 0 Å².